The van der Waals surface area contributed by atoms with Crippen LogP contribution in [0.25, 0.3) is 0 Å². The van der Waals surface area contributed by atoms with Crippen molar-refractivity contribution in [2.75, 3.05) is 38.0 Å². The molecule has 1 aromatic carbocycles. The monoisotopic (exact) mass is 516 g/mol. The number of hydrogen-bond acceptors (Lipinski definition) is 8. The molecule has 0 radical (unpaired) electrons. The van der Waals surface area contributed by atoms with Gasteiger partial charge >= 0.3 is 0 Å². The largest absolute Gasteiger partial charge is 0.382 e. The molecule has 37 heavy (non-hydrogen) atoms. The van der Waals surface area contributed by atoms with Crippen molar-refractivity contribution in [2.45, 2.75) is 49.9 Å². The van der Waals surface area contributed by atoms with E-state index in [0.717, 1.165) is 76.4 Å². The molecule has 0 amide bonds. The molecule has 1 atom stereocenters. The first-order valence-corrected chi connectivity index (χ1v) is 12.6. The minimum absolute atomic E-state index is 0.00770. The zero-order chi connectivity index (χ0) is 25.8. The average Bonchev–Trinajstić information content (AvgIpc) is 3.39. The van der Waals surface area contributed by atoms with Gasteiger partial charge in [0.1, 0.15) is 29.9 Å². The van der Waals surface area contributed by atoms with Gasteiger partial charge in [0.15, 0.2) is 5.82 Å². The number of β-amino-alcohol motifs (C(OH)–C–C–N with tert-alkyl or cyclic N) is 1. The lowest BCUT2D eigenvalue weighted by Crippen LogP contribution is -2.52. The van der Waals surface area contributed by atoms with Gasteiger partial charge in [0.2, 0.25) is 5.95 Å². The maximum absolute atomic E-state index is 14.7. The van der Waals surface area contributed by atoms with Crippen LogP contribution in [0, 0.1) is 17.5 Å². The quantitative estimate of drug-likeness (QED) is 0.472. The molecule has 1 unspecified atom stereocenters. The lowest BCUT2D eigenvalue weighted by molar-refractivity contribution is -0.0323. The van der Waals surface area contributed by atoms with E-state index in [1.807, 2.05) is 0 Å². The van der Waals surface area contributed by atoms with E-state index >= 15 is 0 Å². The van der Waals surface area contributed by atoms with Crippen LogP contribution in [0.15, 0.2) is 43.2 Å². The minimum Gasteiger partial charge on any atom is -0.382 e. The van der Waals surface area contributed by atoms with Crippen LogP contribution in [0.1, 0.15) is 31.2 Å². The minimum atomic E-state index is -1.59. The summed E-state index contributed by atoms with van der Waals surface area (Å²) in [7, 11) is 0. The normalized spacial score (nSPS) is 20.1. The number of halogens is 3. The number of nitrogens with one attached hydrogen (secondary N) is 1. The van der Waals surface area contributed by atoms with E-state index in [4.69, 9.17) is 0 Å². The Balaban J connectivity index is 1.16. The lowest BCUT2D eigenvalue weighted by Gasteiger charge is -2.43. The second-order valence-corrected chi connectivity index (χ2v) is 9.94. The Hall–Kier alpha value is -3.09. The van der Waals surface area contributed by atoms with Gasteiger partial charge in [-0.1, -0.05) is 6.07 Å². The summed E-state index contributed by atoms with van der Waals surface area (Å²) in [6.45, 7) is 3.62. The third-order valence-corrected chi connectivity index (χ3v) is 7.36. The van der Waals surface area contributed by atoms with Crippen LogP contribution in [0.2, 0.25) is 0 Å². The molecular formula is C25H31F3N8O. The molecule has 2 aromatic heterocycles. The molecule has 3 aromatic rings. The molecular weight excluding hydrogens is 485 g/mol. The number of piperidine rings is 2. The number of rotatable bonds is 8. The Bertz CT molecular complexity index is 1150. The number of likely N-dealkylation sites (tertiary alicyclic amines) is 2. The topological polar surface area (TPSA) is 95.2 Å². The summed E-state index contributed by atoms with van der Waals surface area (Å²) in [6.07, 6.45) is 8.92. The van der Waals surface area contributed by atoms with E-state index in [1.54, 1.807) is 0 Å². The summed E-state index contributed by atoms with van der Waals surface area (Å²) >= 11 is 0. The summed E-state index contributed by atoms with van der Waals surface area (Å²) in [5, 5.41) is 19.0. The predicted molar refractivity (Wildman–Crippen MR) is 130 cm³/mol. The van der Waals surface area contributed by atoms with Gasteiger partial charge < -0.3 is 15.3 Å². The third kappa shape index (κ3) is 6.25. The van der Waals surface area contributed by atoms with Crippen molar-refractivity contribution in [3.8, 4) is 0 Å². The highest BCUT2D eigenvalue weighted by atomic mass is 19.1. The molecule has 5 rings (SSSR count). The highest BCUT2D eigenvalue weighted by Crippen LogP contribution is 2.30. The van der Waals surface area contributed by atoms with E-state index in [0.29, 0.717) is 12.0 Å². The zero-order valence-electron chi connectivity index (χ0n) is 20.5. The van der Waals surface area contributed by atoms with Crippen molar-refractivity contribution in [1.29, 1.82) is 0 Å². The zero-order valence-corrected chi connectivity index (χ0v) is 20.5. The van der Waals surface area contributed by atoms with Crippen LogP contribution >= 0.6 is 0 Å². The molecule has 0 saturated carbocycles. The second kappa shape index (κ2) is 11.1. The molecule has 0 aliphatic carbocycles. The van der Waals surface area contributed by atoms with E-state index in [1.165, 1.54) is 23.4 Å². The molecule has 4 heterocycles. The first-order chi connectivity index (χ1) is 17.9. The number of hydrogen-bond donors (Lipinski definition) is 2. The Morgan fingerprint density at radius 1 is 0.946 bits per heavy atom. The van der Waals surface area contributed by atoms with Crippen molar-refractivity contribution in [3.63, 3.8) is 0 Å². The SMILES string of the molecule is OC(CN1CCC(N2CCC(Nc3ncc(F)cn3)CC2)CC1)(Cn1cncn1)c1ccc(F)cc1F. The van der Waals surface area contributed by atoms with Gasteiger partial charge in [-0.3, -0.25) is 4.90 Å². The Kier molecular flexibility index (Phi) is 7.68. The molecule has 2 aliphatic rings. The van der Waals surface area contributed by atoms with Gasteiger partial charge in [0, 0.05) is 43.3 Å². The molecule has 0 bridgehead atoms. The number of benzene rings is 1. The summed E-state index contributed by atoms with van der Waals surface area (Å²) in [6, 6.07) is 3.96. The van der Waals surface area contributed by atoms with E-state index in [9.17, 15) is 18.3 Å². The van der Waals surface area contributed by atoms with Gasteiger partial charge in [0.05, 0.1) is 18.9 Å². The fraction of sp³-hybridized carbons (Fsp3) is 0.520. The van der Waals surface area contributed by atoms with Crippen molar-refractivity contribution >= 4 is 5.95 Å². The van der Waals surface area contributed by atoms with Gasteiger partial charge in [0.25, 0.3) is 0 Å². The Labute approximate surface area is 213 Å². The van der Waals surface area contributed by atoms with Gasteiger partial charge in [-0.15, -0.1) is 0 Å². The number of anilines is 1. The fourth-order valence-corrected chi connectivity index (χ4v) is 5.46. The number of aromatic nitrogens is 5. The van der Waals surface area contributed by atoms with Crippen molar-refractivity contribution in [2.24, 2.45) is 0 Å². The standard InChI is InChI=1S/C25H31F3N8O/c26-18-1-2-22(23(28)11-18)25(37,15-36-17-29-16-32-36)14-34-7-5-21(6-8-34)35-9-3-20(4-10-35)33-24-30-12-19(27)13-31-24/h1-2,11-13,16-17,20-21,37H,3-10,14-15H2,(H,30,31,33). The fourth-order valence-electron chi connectivity index (χ4n) is 5.46. The second-order valence-electron chi connectivity index (χ2n) is 9.94. The summed E-state index contributed by atoms with van der Waals surface area (Å²) in [5.41, 5.74) is -1.55. The van der Waals surface area contributed by atoms with Crippen LogP contribution in [-0.4, -0.2) is 84.4 Å². The average molecular weight is 517 g/mol. The first-order valence-electron chi connectivity index (χ1n) is 12.6. The van der Waals surface area contributed by atoms with Crippen LogP contribution in [0.3, 0.4) is 0 Å². The van der Waals surface area contributed by atoms with E-state index in [-0.39, 0.29) is 24.7 Å². The third-order valence-electron chi connectivity index (χ3n) is 7.36. The summed E-state index contributed by atoms with van der Waals surface area (Å²) in [4.78, 5) is 16.5. The van der Waals surface area contributed by atoms with Gasteiger partial charge in [-0.05, 0) is 44.8 Å². The predicted octanol–water partition coefficient (Wildman–Crippen LogP) is 2.41. The Morgan fingerprint density at radius 3 is 2.32 bits per heavy atom. The van der Waals surface area contributed by atoms with Crippen LogP contribution in [0.5, 0.6) is 0 Å². The van der Waals surface area contributed by atoms with Crippen molar-refractivity contribution in [3.05, 3.63) is 66.3 Å². The van der Waals surface area contributed by atoms with Crippen LogP contribution < -0.4 is 5.32 Å². The maximum atomic E-state index is 14.7. The van der Waals surface area contributed by atoms with Gasteiger partial charge in [-0.25, -0.2) is 32.8 Å². The highest BCUT2D eigenvalue weighted by molar-refractivity contribution is 5.26. The summed E-state index contributed by atoms with van der Waals surface area (Å²) in [5.74, 6) is -1.47. The smallest absolute Gasteiger partial charge is 0.222 e. The molecule has 198 valence electrons. The molecule has 0 spiro atoms. The summed E-state index contributed by atoms with van der Waals surface area (Å²) < 4.78 is 42.8. The van der Waals surface area contributed by atoms with Crippen LogP contribution in [-0.2, 0) is 12.1 Å². The maximum Gasteiger partial charge on any atom is 0.222 e. The molecule has 9 nitrogen and oxygen atoms in total. The molecule has 2 N–H and O–H groups in total. The van der Waals surface area contributed by atoms with Crippen molar-refractivity contribution in [1.82, 2.24) is 34.5 Å². The molecule has 2 saturated heterocycles. The van der Waals surface area contributed by atoms with Gasteiger partial charge in [-0.2, -0.15) is 5.10 Å². The lowest BCUT2D eigenvalue weighted by atomic mass is 9.90. The highest BCUT2D eigenvalue weighted by Gasteiger charge is 2.37. The van der Waals surface area contributed by atoms with E-state index < -0.39 is 23.1 Å². The first kappa shape index (κ1) is 25.6. The van der Waals surface area contributed by atoms with Crippen molar-refractivity contribution < 1.29 is 18.3 Å². The molecule has 2 fully saturated rings. The molecule has 2 aliphatic heterocycles. The van der Waals surface area contributed by atoms with Crippen LogP contribution in [0.4, 0.5) is 19.1 Å². The number of nitrogens with zero attached hydrogens (tertiary/aromatic N) is 7. The van der Waals surface area contributed by atoms with E-state index in [2.05, 4.69) is 35.2 Å². The Morgan fingerprint density at radius 2 is 1.68 bits per heavy atom. The number of aliphatic hydroxyl groups is 1. The molecule has 12 heteroatoms.